The molecule has 3 nitrogen and oxygen atoms in total. The molecule has 0 aliphatic carbocycles. The van der Waals surface area contributed by atoms with E-state index in [4.69, 9.17) is 0 Å². The molecule has 0 bridgehead atoms. The zero-order valence-corrected chi connectivity index (χ0v) is 10.5. The van der Waals surface area contributed by atoms with Crippen LogP contribution in [-0.4, -0.2) is 16.6 Å². The molecular formula is C11H11BrFN3. The van der Waals surface area contributed by atoms with Crippen LogP contribution in [0.5, 0.6) is 0 Å². The molecular weight excluding hydrogens is 273 g/mol. The third-order valence-corrected chi connectivity index (χ3v) is 2.97. The second-order valence-corrected chi connectivity index (χ2v) is 4.28. The molecule has 1 heterocycles. The van der Waals surface area contributed by atoms with Crippen molar-refractivity contribution >= 4 is 21.9 Å². The van der Waals surface area contributed by atoms with E-state index in [9.17, 15) is 4.39 Å². The first-order valence-corrected chi connectivity index (χ1v) is 5.60. The molecule has 2 aromatic rings. The normalized spacial score (nSPS) is 10.5. The van der Waals surface area contributed by atoms with Crippen LogP contribution in [0, 0.1) is 12.7 Å². The van der Waals surface area contributed by atoms with Crippen molar-refractivity contribution in [2.75, 3.05) is 12.4 Å². The minimum absolute atomic E-state index is 0.281. The molecule has 0 atom stereocenters. The second kappa shape index (κ2) is 4.25. The summed E-state index contributed by atoms with van der Waals surface area (Å²) in [5, 5.41) is 2.95. The maximum absolute atomic E-state index is 13.5. The highest BCUT2D eigenvalue weighted by molar-refractivity contribution is 9.10. The Morgan fingerprint density at radius 1 is 1.44 bits per heavy atom. The minimum Gasteiger partial charge on any atom is -0.358 e. The Labute approximate surface area is 101 Å². The van der Waals surface area contributed by atoms with Gasteiger partial charge in [-0.15, -0.1) is 0 Å². The monoisotopic (exact) mass is 283 g/mol. The number of aryl methyl sites for hydroxylation is 1. The molecule has 0 amide bonds. The van der Waals surface area contributed by atoms with Gasteiger partial charge in [0.1, 0.15) is 5.82 Å². The number of hydrogen-bond donors (Lipinski definition) is 1. The van der Waals surface area contributed by atoms with Gasteiger partial charge in [0, 0.05) is 19.4 Å². The highest BCUT2D eigenvalue weighted by Crippen LogP contribution is 2.24. The van der Waals surface area contributed by atoms with Crippen LogP contribution in [0.15, 0.2) is 29.0 Å². The Bertz CT molecular complexity index is 522. The van der Waals surface area contributed by atoms with E-state index in [-0.39, 0.29) is 5.82 Å². The van der Waals surface area contributed by atoms with E-state index in [1.54, 1.807) is 25.5 Å². The Hall–Kier alpha value is -1.36. The van der Waals surface area contributed by atoms with Gasteiger partial charge < -0.3 is 5.32 Å². The highest BCUT2D eigenvalue weighted by Gasteiger charge is 2.09. The Morgan fingerprint density at radius 3 is 2.88 bits per heavy atom. The third kappa shape index (κ3) is 1.82. The molecule has 1 N–H and O–H groups in total. The number of nitrogens with zero attached hydrogens (tertiary/aromatic N) is 2. The number of nitrogens with one attached hydrogen (secondary N) is 1. The molecule has 1 aromatic carbocycles. The number of hydrogen-bond acceptors (Lipinski definition) is 2. The van der Waals surface area contributed by atoms with Crippen LogP contribution >= 0.6 is 15.9 Å². The van der Waals surface area contributed by atoms with Crippen molar-refractivity contribution < 1.29 is 4.39 Å². The van der Waals surface area contributed by atoms with Crippen LogP contribution in [0.4, 0.5) is 10.3 Å². The van der Waals surface area contributed by atoms with Gasteiger partial charge in [-0.1, -0.05) is 0 Å². The number of benzene rings is 1. The number of rotatable bonds is 2. The summed E-state index contributed by atoms with van der Waals surface area (Å²) in [6.45, 7) is 1.93. The van der Waals surface area contributed by atoms with Crippen molar-refractivity contribution in [1.82, 2.24) is 9.55 Å². The second-order valence-electron chi connectivity index (χ2n) is 3.42. The minimum atomic E-state index is -0.281. The molecule has 0 saturated heterocycles. The molecule has 0 aliphatic heterocycles. The van der Waals surface area contributed by atoms with Crippen molar-refractivity contribution in [1.29, 1.82) is 0 Å². The van der Waals surface area contributed by atoms with E-state index < -0.39 is 0 Å². The largest absolute Gasteiger partial charge is 0.358 e. The zero-order chi connectivity index (χ0) is 11.7. The maximum Gasteiger partial charge on any atom is 0.207 e. The van der Waals surface area contributed by atoms with Crippen molar-refractivity contribution in [3.8, 4) is 5.69 Å². The van der Waals surface area contributed by atoms with E-state index in [2.05, 4.69) is 26.2 Å². The van der Waals surface area contributed by atoms with Gasteiger partial charge in [-0.05, 0) is 40.5 Å². The lowest BCUT2D eigenvalue weighted by atomic mass is 10.2. The topological polar surface area (TPSA) is 29.9 Å². The number of imidazole rings is 1. The summed E-state index contributed by atoms with van der Waals surface area (Å²) in [5.74, 6) is 0.404. The third-order valence-electron chi connectivity index (χ3n) is 2.36. The first-order chi connectivity index (χ1) is 7.63. The summed E-state index contributed by atoms with van der Waals surface area (Å²) >= 11 is 3.16. The van der Waals surface area contributed by atoms with Crippen LogP contribution in [0.1, 0.15) is 5.56 Å². The van der Waals surface area contributed by atoms with E-state index in [0.717, 1.165) is 11.3 Å². The lowest BCUT2D eigenvalue weighted by Gasteiger charge is -2.11. The van der Waals surface area contributed by atoms with Gasteiger partial charge in [0.05, 0.1) is 10.2 Å². The van der Waals surface area contributed by atoms with Crippen LogP contribution in [0.3, 0.4) is 0 Å². The molecule has 0 radical (unpaired) electrons. The molecule has 2 rings (SSSR count). The molecule has 5 heteroatoms. The summed E-state index contributed by atoms with van der Waals surface area (Å²) in [6, 6.07) is 3.24. The van der Waals surface area contributed by atoms with Crippen LogP contribution in [0.2, 0.25) is 0 Å². The summed E-state index contributed by atoms with van der Waals surface area (Å²) < 4.78 is 15.8. The van der Waals surface area contributed by atoms with Crippen molar-refractivity contribution in [3.63, 3.8) is 0 Å². The first-order valence-electron chi connectivity index (χ1n) is 4.80. The van der Waals surface area contributed by atoms with Crippen LogP contribution in [-0.2, 0) is 0 Å². The zero-order valence-electron chi connectivity index (χ0n) is 8.96. The lowest BCUT2D eigenvalue weighted by Crippen LogP contribution is -2.03. The number of halogens is 2. The van der Waals surface area contributed by atoms with Gasteiger partial charge in [0.15, 0.2) is 0 Å². The van der Waals surface area contributed by atoms with Crippen molar-refractivity contribution in [3.05, 3.63) is 40.4 Å². The number of anilines is 1. The molecule has 0 fully saturated rings. The highest BCUT2D eigenvalue weighted by atomic mass is 79.9. The summed E-state index contributed by atoms with van der Waals surface area (Å²) in [5.41, 5.74) is 1.75. The van der Waals surface area contributed by atoms with E-state index in [1.165, 1.54) is 6.07 Å². The quantitative estimate of drug-likeness (QED) is 0.918. The summed E-state index contributed by atoms with van der Waals surface area (Å²) in [4.78, 5) is 4.12. The van der Waals surface area contributed by atoms with E-state index in [0.29, 0.717) is 10.4 Å². The fraction of sp³-hybridized carbons (Fsp3) is 0.182. The average molecular weight is 284 g/mol. The van der Waals surface area contributed by atoms with Gasteiger partial charge in [-0.2, -0.15) is 0 Å². The fourth-order valence-electron chi connectivity index (χ4n) is 1.58. The average Bonchev–Trinajstić information content (AvgIpc) is 2.71. The predicted octanol–water partition coefficient (Wildman–Crippen LogP) is 3.12. The maximum atomic E-state index is 13.5. The summed E-state index contributed by atoms with van der Waals surface area (Å²) in [6.07, 6.45) is 3.47. The van der Waals surface area contributed by atoms with Gasteiger partial charge in [0.25, 0.3) is 0 Å². The molecule has 0 saturated carbocycles. The molecule has 16 heavy (non-hydrogen) atoms. The van der Waals surface area contributed by atoms with Gasteiger partial charge >= 0.3 is 0 Å². The van der Waals surface area contributed by atoms with Gasteiger partial charge in [-0.25, -0.2) is 9.37 Å². The van der Waals surface area contributed by atoms with Crippen LogP contribution in [0.25, 0.3) is 5.69 Å². The van der Waals surface area contributed by atoms with E-state index >= 15 is 0 Å². The van der Waals surface area contributed by atoms with Crippen molar-refractivity contribution in [2.24, 2.45) is 0 Å². The Kier molecular flexibility index (Phi) is 2.96. The predicted molar refractivity (Wildman–Crippen MR) is 65.5 cm³/mol. The molecule has 1 aromatic heterocycles. The standard InChI is InChI=1S/C11H11BrFN3/c1-7-5-8(12)9(13)6-10(7)16-4-3-15-11(16)14-2/h3-6H,1-2H3,(H,14,15). The van der Waals surface area contributed by atoms with E-state index in [1.807, 2.05) is 11.5 Å². The Morgan fingerprint density at radius 2 is 2.19 bits per heavy atom. The fourth-order valence-corrected chi connectivity index (χ4v) is 2.04. The molecule has 0 spiro atoms. The summed E-state index contributed by atoms with van der Waals surface area (Å²) in [7, 11) is 1.78. The number of aromatic nitrogens is 2. The van der Waals surface area contributed by atoms with Crippen molar-refractivity contribution in [2.45, 2.75) is 6.92 Å². The smallest absolute Gasteiger partial charge is 0.207 e. The Balaban J connectivity index is 2.60. The van der Waals surface area contributed by atoms with Gasteiger partial charge in [0.2, 0.25) is 5.95 Å². The molecule has 84 valence electrons. The SMILES string of the molecule is CNc1nccn1-c1cc(F)c(Br)cc1C. The molecule has 0 aliphatic rings. The van der Waals surface area contributed by atoms with Crippen LogP contribution < -0.4 is 5.32 Å². The van der Waals surface area contributed by atoms with Gasteiger partial charge in [-0.3, -0.25) is 4.57 Å². The first kappa shape index (κ1) is 11.1. The molecule has 0 unspecified atom stereocenters. The lowest BCUT2D eigenvalue weighted by molar-refractivity contribution is 0.619.